The van der Waals surface area contributed by atoms with Gasteiger partial charge in [0, 0.05) is 32.2 Å². The molecule has 1 fully saturated rings. The van der Waals surface area contributed by atoms with Gasteiger partial charge in [-0.3, -0.25) is 4.90 Å². The summed E-state index contributed by atoms with van der Waals surface area (Å²) in [6, 6.07) is 3.99. The molecule has 160 valence electrons. The molecule has 2 unspecified atom stereocenters. The minimum atomic E-state index is -1.13. The Morgan fingerprint density at radius 3 is 2.54 bits per heavy atom. The van der Waals surface area contributed by atoms with Gasteiger partial charge in [0.05, 0.1) is 26.0 Å². The Morgan fingerprint density at radius 1 is 1.25 bits per heavy atom. The van der Waals surface area contributed by atoms with E-state index in [0.29, 0.717) is 17.7 Å². The Morgan fingerprint density at radius 2 is 1.96 bits per heavy atom. The third kappa shape index (κ3) is 6.50. The number of nitrogens with zero attached hydrogens (tertiary/aromatic N) is 2. The van der Waals surface area contributed by atoms with Gasteiger partial charge < -0.3 is 24.9 Å². The molecular weight excluding hydrogens is 356 g/mol. The number of guanidine groups is 1. The largest absolute Gasteiger partial charge is 0.466 e. The van der Waals surface area contributed by atoms with Crippen molar-refractivity contribution in [1.29, 1.82) is 0 Å². The van der Waals surface area contributed by atoms with Crippen LogP contribution in [0.15, 0.2) is 27.8 Å². The van der Waals surface area contributed by atoms with Gasteiger partial charge in [-0.2, -0.15) is 0 Å². The molecule has 1 aromatic rings. The van der Waals surface area contributed by atoms with Gasteiger partial charge in [-0.15, -0.1) is 0 Å². The molecule has 0 radical (unpaired) electrons. The fourth-order valence-electron chi connectivity index (χ4n) is 3.77. The van der Waals surface area contributed by atoms with E-state index in [9.17, 15) is 5.11 Å². The maximum absolute atomic E-state index is 10.7. The zero-order valence-corrected chi connectivity index (χ0v) is 17.9. The molecule has 1 saturated heterocycles. The highest BCUT2D eigenvalue weighted by atomic mass is 16.5. The molecule has 7 heteroatoms. The van der Waals surface area contributed by atoms with Crippen LogP contribution in [0.3, 0.4) is 0 Å². The van der Waals surface area contributed by atoms with Gasteiger partial charge in [-0.1, -0.05) is 26.7 Å². The van der Waals surface area contributed by atoms with Crippen molar-refractivity contribution < 1.29 is 14.3 Å². The number of aliphatic hydroxyl groups is 1. The second-order valence-corrected chi connectivity index (χ2v) is 7.62. The first kappa shape index (κ1) is 22.7. The number of aliphatic imine (C=N–C) groups is 1. The van der Waals surface area contributed by atoms with Crippen LogP contribution in [-0.2, 0) is 10.3 Å². The molecule has 0 bridgehead atoms. The number of furan rings is 1. The molecule has 0 aromatic carbocycles. The van der Waals surface area contributed by atoms with Gasteiger partial charge in [0.2, 0.25) is 0 Å². The average Bonchev–Trinajstić information content (AvgIpc) is 3.26. The molecule has 0 aliphatic carbocycles. The molecule has 0 saturated carbocycles. The zero-order valence-electron chi connectivity index (χ0n) is 17.9. The van der Waals surface area contributed by atoms with Crippen LogP contribution in [0.4, 0.5) is 0 Å². The highest BCUT2D eigenvalue weighted by Gasteiger charge is 2.28. The van der Waals surface area contributed by atoms with E-state index in [1.165, 1.54) is 0 Å². The molecule has 0 amide bonds. The lowest BCUT2D eigenvalue weighted by molar-refractivity contribution is 0.00269. The summed E-state index contributed by atoms with van der Waals surface area (Å²) in [5.74, 6) is 1.87. The summed E-state index contributed by atoms with van der Waals surface area (Å²) in [5.41, 5.74) is -1.13. The van der Waals surface area contributed by atoms with Crippen molar-refractivity contribution in [2.45, 2.75) is 52.2 Å². The predicted molar refractivity (Wildman–Crippen MR) is 113 cm³/mol. The topological polar surface area (TPSA) is 82.3 Å². The summed E-state index contributed by atoms with van der Waals surface area (Å²) in [4.78, 5) is 7.15. The fraction of sp³-hybridized carbons (Fsp3) is 0.762. The van der Waals surface area contributed by atoms with Crippen LogP contribution in [0, 0.1) is 5.92 Å². The molecule has 1 aliphatic rings. The number of ether oxygens (including phenoxy) is 1. The van der Waals surface area contributed by atoms with Crippen LogP contribution >= 0.6 is 0 Å². The Labute approximate surface area is 169 Å². The molecule has 3 N–H and O–H groups in total. The first-order valence-electron chi connectivity index (χ1n) is 10.6. The van der Waals surface area contributed by atoms with Crippen LogP contribution in [0.5, 0.6) is 0 Å². The smallest absolute Gasteiger partial charge is 0.191 e. The first-order valence-corrected chi connectivity index (χ1v) is 10.6. The summed E-state index contributed by atoms with van der Waals surface area (Å²) in [7, 11) is 0. The van der Waals surface area contributed by atoms with Crippen molar-refractivity contribution >= 4 is 5.96 Å². The number of hydrogen-bond donors (Lipinski definition) is 3. The summed E-state index contributed by atoms with van der Waals surface area (Å²) < 4.78 is 10.9. The second kappa shape index (κ2) is 11.4. The molecule has 7 nitrogen and oxygen atoms in total. The van der Waals surface area contributed by atoms with E-state index in [4.69, 9.17) is 9.15 Å². The van der Waals surface area contributed by atoms with E-state index >= 15 is 0 Å². The number of rotatable bonds is 10. The Bertz CT molecular complexity index is 564. The molecule has 28 heavy (non-hydrogen) atoms. The number of morpholine rings is 1. The van der Waals surface area contributed by atoms with Crippen LogP contribution < -0.4 is 10.6 Å². The maximum atomic E-state index is 10.7. The van der Waals surface area contributed by atoms with Crippen molar-refractivity contribution in [2.75, 3.05) is 45.9 Å². The van der Waals surface area contributed by atoms with Crippen molar-refractivity contribution in [3.8, 4) is 0 Å². The van der Waals surface area contributed by atoms with Gasteiger partial charge >= 0.3 is 0 Å². The second-order valence-electron chi connectivity index (χ2n) is 7.62. The van der Waals surface area contributed by atoms with Gasteiger partial charge in [0.15, 0.2) is 5.96 Å². The summed E-state index contributed by atoms with van der Waals surface area (Å²) in [6.45, 7) is 13.7. The lowest BCUT2D eigenvalue weighted by atomic mass is 9.92. The molecule has 1 aromatic heterocycles. The normalized spacial score (nSPS) is 19.4. The van der Waals surface area contributed by atoms with E-state index in [-0.39, 0.29) is 6.54 Å². The van der Waals surface area contributed by atoms with Crippen LogP contribution in [0.2, 0.25) is 0 Å². The summed E-state index contributed by atoms with van der Waals surface area (Å²) in [6.07, 6.45) is 3.88. The molecular formula is C21H38N4O3. The number of hydrogen-bond acceptors (Lipinski definition) is 5. The lowest BCUT2D eigenvalue weighted by Crippen LogP contribution is -2.53. The predicted octanol–water partition coefficient (Wildman–Crippen LogP) is 2.18. The quantitative estimate of drug-likeness (QED) is 0.417. The van der Waals surface area contributed by atoms with Gasteiger partial charge in [-0.05, 0) is 31.9 Å². The molecule has 2 rings (SSSR count). The molecule has 2 atom stereocenters. The van der Waals surface area contributed by atoms with Crippen LogP contribution in [-0.4, -0.2) is 67.9 Å². The first-order chi connectivity index (χ1) is 13.5. The monoisotopic (exact) mass is 394 g/mol. The minimum absolute atomic E-state index is 0.225. The van der Waals surface area contributed by atoms with E-state index in [1.807, 2.05) is 6.92 Å². The van der Waals surface area contributed by atoms with Crippen molar-refractivity contribution in [2.24, 2.45) is 10.9 Å². The molecule has 2 heterocycles. The highest BCUT2D eigenvalue weighted by Crippen LogP contribution is 2.21. The minimum Gasteiger partial charge on any atom is -0.466 e. The molecule has 0 spiro atoms. The Kier molecular flexibility index (Phi) is 9.28. The maximum Gasteiger partial charge on any atom is 0.191 e. The fourth-order valence-corrected chi connectivity index (χ4v) is 3.77. The van der Waals surface area contributed by atoms with Crippen LogP contribution in [0.25, 0.3) is 0 Å². The Hall–Kier alpha value is -1.57. The average molecular weight is 395 g/mol. The van der Waals surface area contributed by atoms with Gasteiger partial charge in [0.25, 0.3) is 0 Å². The standard InChI is InChI=1S/C21H38N4O3/c1-5-17(6-2)18(25-10-13-27-14-11-25)15-23-20(22-7-3)24-16-21(4,26)19-9-8-12-28-19/h8-9,12,17-18,26H,5-7,10-11,13-16H2,1-4H3,(H2,22,23,24). The SMILES string of the molecule is CCNC(=NCC(C)(O)c1ccco1)NCC(C(CC)CC)N1CCOCC1. The van der Waals surface area contributed by atoms with E-state index in [2.05, 4.69) is 34.4 Å². The third-order valence-electron chi connectivity index (χ3n) is 5.53. The van der Waals surface area contributed by atoms with Crippen molar-refractivity contribution in [3.63, 3.8) is 0 Å². The van der Waals surface area contributed by atoms with E-state index < -0.39 is 5.60 Å². The Balaban J connectivity index is 2.03. The highest BCUT2D eigenvalue weighted by molar-refractivity contribution is 5.79. The lowest BCUT2D eigenvalue weighted by Gasteiger charge is -2.39. The van der Waals surface area contributed by atoms with Crippen molar-refractivity contribution in [1.82, 2.24) is 15.5 Å². The van der Waals surface area contributed by atoms with Gasteiger partial charge in [-0.25, -0.2) is 4.99 Å². The van der Waals surface area contributed by atoms with Crippen molar-refractivity contribution in [3.05, 3.63) is 24.2 Å². The molecule has 1 aliphatic heterocycles. The number of nitrogens with one attached hydrogen (secondary N) is 2. The summed E-state index contributed by atoms with van der Waals surface area (Å²) >= 11 is 0. The van der Waals surface area contributed by atoms with E-state index in [1.54, 1.807) is 25.3 Å². The zero-order chi connectivity index (χ0) is 20.4. The van der Waals surface area contributed by atoms with Crippen LogP contribution in [0.1, 0.15) is 46.3 Å². The van der Waals surface area contributed by atoms with Gasteiger partial charge in [0.1, 0.15) is 11.4 Å². The third-order valence-corrected chi connectivity index (χ3v) is 5.53. The summed E-state index contributed by atoms with van der Waals surface area (Å²) in [5, 5.41) is 17.4. The van der Waals surface area contributed by atoms with E-state index in [0.717, 1.165) is 58.2 Å².